The first-order valence-corrected chi connectivity index (χ1v) is 11.1. The van der Waals surface area contributed by atoms with Crippen molar-refractivity contribution in [2.24, 2.45) is 0 Å². The molecule has 0 radical (unpaired) electrons. The highest BCUT2D eigenvalue weighted by atomic mass is 35.5. The highest BCUT2D eigenvalue weighted by molar-refractivity contribution is 7.99. The fourth-order valence-corrected chi connectivity index (χ4v) is 4.91. The van der Waals surface area contributed by atoms with Gasteiger partial charge < -0.3 is 4.90 Å². The van der Waals surface area contributed by atoms with Crippen molar-refractivity contribution in [3.05, 3.63) is 64.1 Å². The van der Waals surface area contributed by atoms with Crippen LogP contribution in [0.4, 0.5) is 0 Å². The first-order chi connectivity index (χ1) is 12.8. The van der Waals surface area contributed by atoms with E-state index < -0.39 is 22.0 Å². The van der Waals surface area contributed by atoms with Gasteiger partial charge in [-0.15, -0.1) is 11.8 Å². The number of amides is 2. The summed E-state index contributed by atoms with van der Waals surface area (Å²) in [5.74, 6) is -0.514. The summed E-state index contributed by atoms with van der Waals surface area (Å²) >= 11 is 13.0. The van der Waals surface area contributed by atoms with Gasteiger partial charge in [0.05, 0.1) is 10.8 Å². The number of nitrogens with zero attached hydrogens (tertiary/aromatic N) is 1. The topological polar surface area (TPSA) is 83.6 Å². The zero-order chi connectivity index (χ0) is 19.6. The Kier molecular flexibility index (Phi) is 6.00. The molecule has 0 bridgehead atoms. The fraction of sp³-hybridized carbons (Fsp3) is 0.176. The third-order valence-corrected chi connectivity index (χ3v) is 6.77. The molecule has 3 rings (SSSR count). The Morgan fingerprint density at radius 2 is 1.56 bits per heavy atom. The number of sulfonamides is 1. The third-order valence-electron chi connectivity index (χ3n) is 3.90. The summed E-state index contributed by atoms with van der Waals surface area (Å²) in [6.45, 7) is 0. The molecule has 0 aromatic heterocycles. The zero-order valence-corrected chi connectivity index (χ0v) is 16.9. The van der Waals surface area contributed by atoms with Crippen molar-refractivity contribution >= 4 is 56.8 Å². The van der Waals surface area contributed by atoms with Gasteiger partial charge in [-0.3, -0.25) is 9.59 Å². The number of carbonyl (C=O) groups excluding carboxylic acids is 2. The van der Waals surface area contributed by atoms with E-state index in [9.17, 15) is 18.0 Å². The van der Waals surface area contributed by atoms with Crippen LogP contribution in [0.3, 0.4) is 0 Å². The summed E-state index contributed by atoms with van der Waals surface area (Å²) in [5.41, 5.74) is 0.375. The van der Waals surface area contributed by atoms with E-state index in [0.29, 0.717) is 27.2 Å². The van der Waals surface area contributed by atoms with Gasteiger partial charge in [-0.05, 0) is 48.5 Å². The second-order valence-electron chi connectivity index (χ2n) is 5.72. The van der Waals surface area contributed by atoms with Gasteiger partial charge in [-0.25, -0.2) is 13.1 Å². The average Bonchev–Trinajstić information content (AvgIpc) is 3.11. The molecule has 2 aromatic carbocycles. The Hall–Kier alpha value is -1.74. The van der Waals surface area contributed by atoms with E-state index in [-0.39, 0.29) is 10.8 Å². The van der Waals surface area contributed by atoms with Gasteiger partial charge in [-0.2, -0.15) is 0 Å². The van der Waals surface area contributed by atoms with Crippen molar-refractivity contribution in [1.82, 2.24) is 9.62 Å². The van der Waals surface area contributed by atoms with E-state index >= 15 is 0 Å². The number of benzene rings is 2. The molecule has 0 saturated carbocycles. The molecule has 1 aliphatic heterocycles. The molecule has 27 heavy (non-hydrogen) atoms. The van der Waals surface area contributed by atoms with E-state index in [1.165, 1.54) is 40.9 Å². The lowest BCUT2D eigenvalue weighted by atomic mass is 10.1. The van der Waals surface area contributed by atoms with Gasteiger partial charge in [0, 0.05) is 21.4 Å². The molecule has 0 spiro atoms. The number of hydrogen-bond donors (Lipinski definition) is 1. The minimum atomic E-state index is -4.06. The minimum absolute atomic E-state index is 0.0820. The Labute approximate surface area is 170 Å². The summed E-state index contributed by atoms with van der Waals surface area (Å²) in [6, 6.07) is 10.8. The number of rotatable bonds is 4. The van der Waals surface area contributed by atoms with E-state index in [4.69, 9.17) is 23.2 Å². The Bertz CT molecular complexity index is 963. The van der Waals surface area contributed by atoms with Crippen LogP contribution < -0.4 is 4.72 Å². The van der Waals surface area contributed by atoms with Crippen LogP contribution >= 0.6 is 35.0 Å². The predicted molar refractivity (Wildman–Crippen MR) is 106 cm³/mol. The fourth-order valence-electron chi connectivity index (χ4n) is 2.49. The highest BCUT2D eigenvalue weighted by Crippen LogP contribution is 2.24. The maximum atomic E-state index is 12.7. The van der Waals surface area contributed by atoms with Gasteiger partial charge in [0.15, 0.2) is 0 Å². The monoisotopic (exact) mass is 444 g/mol. The van der Waals surface area contributed by atoms with E-state index in [0.717, 1.165) is 0 Å². The number of carbonyl (C=O) groups is 2. The molecule has 1 saturated heterocycles. The van der Waals surface area contributed by atoms with Crippen LogP contribution in [-0.2, 0) is 14.8 Å². The predicted octanol–water partition coefficient (Wildman–Crippen LogP) is 3.01. The van der Waals surface area contributed by atoms with Crippen molar-refractivity contribution in [3.63, 3.8) is 0 Å². The highest BCUT2D eigenvalue weighted by Gasteiger charge is 2.37. The van der Waals surface area contributed by atoms with Crippen LogP contribution in [0.5, 0.6) is 0 Å². The van der Waals surface area contributed by atoms with Crippen molar-refractivity contribution in [2.45, 2.75) is 10.9 Å². The largest absolute Gasteiger partial charge is 0.316 e. The molecule has 1 atom stereocenters. The van der Waals surface area contributed by atoms with Gasteiger partial charge in [0.2, 0.25) is 0 Å². The molecule has 1 aliphatic rings. The van der Waals surface area contributed by atoms with Gasteiger partial charge in [0.1, 0.15) is 6.04 Å². The molecule has 1 unspecified atom stereocenters. The number of nitrogens with one attached hydrogen (secondary N) is 1. The van der Waals surface area contributed by atoms with Crippen LogP contribution in [-0.4, -0.2) is 42.8 Å². The maximum Gasteiger partial charge on any atom is 0.264 e. The number of halogens is 2. The normalized spacial score (nSPS) is 17.0. The summed E-state index contributed by atoms with van der Waals surface area (Å²) in [6.07, 6.45) is 0. The standard InChI is InChI=1S/C17H14Cl2N2O4S2/c18-12-3-1-11(2-4-12)17(23)21-10-26-9-15(21)16(22)20-27(24,25)14-7-5-13(19)6-8-14/h1-8,15H,9-10H2,(H,20,22). The molecule has 6 nitrogen and oxygen atoms in total. The van der Waals surface area contributed by atoms with Gasteiger partial charge >= 0.3 is 0 Å². The lowest BCUT2D eigenvalue weighted by molar-refractivity contribution is -0.122. The van der Waals surface area contributed by atoms with Gasteiger partial charge in [0.25, 0.3) is 21.8 Å². The third kappa shape index (κ3) is 4.57. The van der Waals surface area contributed by atoms with Crippen molar-refractivity contribution in [1.29, 1.82) is 0 Å². The molecule has 142 valence electrons. The molecule has 0 aliphatic carbocycles. The van der Waals surface area contributed by atoms with Crippen LogP contribution in [0, 0.1) is 0 Å². The summed E-state index contributed by atoms with van der Waals surface area (Å²) < 4.78 is 26.8. The lowest BCUT2D eigenvalue weighted by Crippen LogP contribution is -2.48. The first-order valence-electron chi connectivity index (χ1n) is 7.74. The van der Waals surface area contributed by atoms with Crippen LogP contribution in [0.25, 0.3) is 0 Å². The van der Waals surface area contributed by atoms with Crippen molar-refractivity contribution < 1.29 is 18.0 Å². The Morgan fingerprint density at radius 1 is 1.00 bits per heavy atom. The van der Waals surface area contributed by atoms with Crippen LogP contribution in [0.1, 0.15) is 10.4 Å². The van der Waals surface area contributed by atoms with Crippen LogP contribution in [0.2, 0.25) is 10.0 Å². The summed E-state index contributed by atoms with van der Waals surface area (Å²) in [4.78, 5) is 26.5. The number of thioether (sulfide) groups is 1. The Morgan fingerprint density at radius 3 is 2.15 bits per heavy atom. The quantitative estimate of drug-likeness (QED) is 0.783. The SMILES string of the molecule is O=C(NS(=O)(=O)c1ccc(Cl)cc1)C1CSCN1C(=O)c1ccc(Cl)cc1. The molecular weight excluding hydrogens is 431 g/mol. The summed E-state index contributed by atoms with van der Waals surface area (Å²) in [7, 11) is -4.06. The smallest absolute Gasteiger partial charge is 0.264 e. The zero-order valence-electron chi connectivity index (χ0n) is 13.8. The minimum Gasteiger partial charge on any atom is -0.316 e. The lowest BCUT2D eigenvalue weighted by Gasteiger charge is -2.23. The van der Waals surface area contributed by atoms with E-state index in [1.807, 2.05) is 4.72 Å². The van der Waals surface area contributed by atoms with Gasteiger partial charge in [-0.1, -0.05) is 23.2 Å². The number of hydrogen-bond acceptors (Lipinski definition) is 5. The van der Waals surface area contributed by atoms with E-state index in [2.05, 4.69) is 0 Å². The summed E-state index contributed by atoms with van der Waals surface area (Å²) in [5, 5.41) is 0.873. The molecule has 1 N–H and O–H groups in total. The first kappa shape index (κ1) is 20.0. The van der Waals surface area contributed by atoms with E-state index in [1.54, 1.807) is 24.3 Å². The molecule has 2 aromatic rings. The van der Waals surface area contributed by atoms with Crippen LogP contribution in [0.15, 0.2) is 53.4 Å². The molecule has 1 fully saturated rings. The van der Waals surface area contributed by atoms with Crippen molar-refractivity contribution in [3.8, 4) is 0 Å². The maximum absolute atomic E-state index is 12.7. The molecule has 2 amide bonds. The van der Waals surface area contributed by atoms with Crippen molar-refractivity contribution in [2.75, 3.05) is 11.6 Å². The molecular formula is C17H14Cl2N2O4S2. The molecule has 1 heterocycles. The second kappa shape index (κ2) is 8.10. The second-order valence-corrected chi connectivity index (χ2v) is 9.28. The Balaban J connectivity index is 1.76. The molecule has 10 heteroatoms. The average molecular weight is 445 g/mol.